The third-order valence-electron chi connectivity index (χ3n) is 6.18. The Morgan fingerprint density at radius 3 is 2.40 bits per heavy atom. The zero-order chi connectivity index (χ0) is 22.5. The Kier molecular flexibility index (Phi) is 5.50. The molecular weight excluding hydrogens is 619 g/mol. The van der Waals surface area contributed by atoms with Gasteiger partial charge in [0.1, 0.15) is 29.5 Å². The van der Waals surface area contributed by atoms with Gasteiger partial charge in [0, 0.05) is 17.9 Å². The summed E-state index contributed by atoms with van der Waals surface area (Å²) >= 11 is 0. The second-order valence-electron chi connectivity index (χ2n) is 8.38. The van der Waals surface area contributed by atoms with Gasteiger partial charge in [0.05, 0.1) is 5.52 Å². The van der Waals surface area contributed by atoms with Gasteiger partial charge in [0.2, 0.25) is 0 Å². The third-order valence-corrected chi connectivity index (χ3v) is 6.18. The van der Waals surface area contributed by atoms with Crippen LogP contribution in [-0.2, 0) is 32.2 Å². The van der Waals surface area contributed by atoms with E-state index >= 15 is 0 Å². The van der Waals surface area contributed by atoms with Gasteiger partial charge in [-0.15, -0.1) is 36.4 Å². The molecule has 1 aliphatic heterocycles. The number of hydrogen-bond donors (Lipinski definition) is 0. The molecule has 5 nitrogen and oxygen atoms in total. The summed E-state index contributed by atoms with van der Waals surface area (Å²) in [6.07, 6.45) is 0.924. The Hall–Kier alpha value is -3.69. The molecule has 4 aromatic carbocycles. The smallest absolute Gasteiger partial charge is 0.514 e. The van der Waals surface area contributed by atoms with Crippen LogP contribution >= 0.6 is 0 Å². The maximum absolute atomic E-state index is 6.20. The van der Waals surface area contributed by atoms with Crippen LogP contribution in [0.1, 0.15) is 22.7 Å². The number of nitrogens with zero attached hydrogens (tertiary/aromatic N) is 2. The van der Waals surface area contributed by atoms with Crippen LogP contribution in [0, 0.1) is 12.1 Å². The van der Waals surface area contributed by atoms with E-state index in [2.05, 4.69) is 41.4 Å². The van der Waals surface area contributed by atoms with Gasteiger partial charge >= 0.3 is 21.1 Å². The fraction of sp³-hybridized carbons (Fsp3) is 0.103. The molecule has 172 valence electrons. The van der Waals surface area contributed by atoms with Crippen LogP contribution in [0.25, 0.3) is 22.6 Å². The van der Waals surface area contributed by atoms with E-state index in [0.29, 0.717) is 23.3 Å². The van der Waals surface area contributed by atoms with E-state index in [9.17, 15) is 0 Å². The molecule has 1 aliphatic carbocycles. The first kappa shape index (κ1) is 21.8. The summed E-state index contributed by atoms with van der Waals surface area (Å²) in [4.78, 5) is 9.41. The Morgan fingerprint density at radius 2 is 1.54 bits per heavy atom. The molecule has 0 saturated carbocycles. The first-order valence-corrected chi connectivity index (χ1v) is 11.2. The average Bonchev–Trinajstić information content (AvgIpc) is 3.57. The quantitative estimate of drug-likeness (QED) is 0.216. The molecule has 2 heterocycles. The van der Waals surface area contributed by atoms with Gasteiger partial charge in [-0.3, -0.25) is 9.98 Å². The van der Waals surface area contributed by atoms with Crippen molar-refractivity contribution in [2.45, 2.75) is 18.6 Å². The van der Waals surface area contributed by atoms with E-state index in [1.54, 1.807) is 0 Å². The van der Waals surface area contributed by atoms with E-state index in [-0.39, 0.29) is 33.2 Å². The van der Waals surface area contributed by atoms with Crippen LogP contribution in [0.4, 0.5) is 0 Å². The van der Waals surface area contributed by atoms with Crippen LogP contribution < -0.4 is 4.74 Å². The van der Waals surface area contributed by atoms with E-state index in [0.717, 1.165) is 28.6 Å². The summed E-state index contributed by atoms with van der Waals surface area (Å²) in [7, 11) is 0. The van der Waals surface area contributed by atoms with Crippen molar-refractivity contribution >= 4 is 17.0 Å². The van der Waals surface area contributed by atoms with Crippen LogP contribution in [-0.4, -0.2) is 17.0 Å². The zero-order valence-corrected chi connectivity index (χ0v) is 20.7. The van der Waals surface area contributed by atoms with Crippen molar-refractivity contribution < 1.29 is 35.0 Å². The van der Waals surface area contributed by atoms with Crippen LogP contribution in [0.3, 0.4) is 0 Å². The molecule has 6 heteroatoms. The molecule has 0 spiro atoms. The molecule has 35 heavy (non-hydrogen) atoms. The predicted molar refractivity (Wildman–Crippen MR) is 128 cm³/mol. The average molecular weight is 638 g/mol. The molecule has 0 radical (unpaired) electrons. The van der Waals surface area contributed by atoms with Gasteiger partial charge < -0.3 is 13.9 Å². The summed E-state index contributed by atoms with van der Waals surface area (Å²) in [5.41, 5.74) is 5.61. The molecular formula is C29H18N2O3Pt. The van der Waals surface area contributed by atoms with Crippen LogP contribution in [0.5, 0.6) is 11.5 Å². The Morgan fingerprint density at radius 1 is 0.800 bits per heavy atom. The zero-order valence-electron chi connectivity index (χ0n) is 18.4. The second-order valence-corrected chi connectivity index (χ2v) is 8.38. The molecule has 2 aliphatic rings. The van der Waals surface area contributed by atoms with Gasteiger partial charge in [-0.05, 0) is 23.3 Å². The maximum Gasteiger partial charge on any atom is 2.00 e. The van der Waals surface area contributed by atoms with Crippen molar-refractivity contribution in [3.8, 4) is 23.0 Å². The number of rotatable bonds is 4. The number of oxazole rings is 1. The molecule has 0 saturated heterocycles. The number of hydrogen-bond acceptors (Lipinski definition) is 5. The van der Waals surface area contributed by atoms with Gasteiger partial charge in [0.25, 0.3) is 0 Å². The fourth-order valence-corrected chi connectivity index (χ4v) is 4.60. The van der Waals surface area contributed by atoms with Crippen LogP contribution in [0.15, 0.2) is 94.3 Å². The Bertz CT molecular complexity index is 1540. The first-order valence-electron chi connectivity index (χ1n) is 11.2. The summed E-state index contributed by atoms with van der Waals surface area (Å²) in [5, 5.41) is 0. The minimum absolute atomic E-state index is 0. The van der Waals surface area contributed by atoms with E-state index < -0.39 is 0 Å². The van der Waals surface area contributed by atoms with Crippen LogP contribution in [0.2, 0.25) is 0 Å². The molecule has 1 aromatic heterocycles. The molecule has 7 rings (SSSR count). The number of benzene rings is 4. The number of aliphatic imine (C=N–C) groups is 1. The minimum Gasteiger partial charge on any atom is -0.514 e. The van der Waals surface area contributed by atoms with E-state index in [4.69, 9.17) is 18.9 Å². The van der Waals surface area contributed by atoms with Gasteiger partial charge in [0.15, 0.2) is 0 Å². The molecule has 0 fully saturated rings. The molecule has 0 amide bonds. The third kappa shape index (κ3) is 3.96. The van der Waals surface area contributed by atoms with Crippen molar-refractivity contribution in [2.75, 3.05) is 0 Å². The van der Waals surface area contributed by atoms with Crippen molar-refractivity contribution in [1.29, 1.82) is 0 Å². The topological polar surface area (TPSA) is 56.9 Å². The van der Waals surface area contributed by atoms with Crippen molar-refractivity contribution in [1.82, 2.24) is 4.98 Å². The summed E-state index contributed by atoms with van der Waals surface area (Å²) < 4.78 is 18.1. The minimum atomic E-state index is 0. The summed E-state index contributed by atoms with van der Waals surface area (Å²) in [5.74, 6) is 2.23. The van der Waals surface area contributed by atoms with Gasteiger partial charge in [-0.2, -0.15) is 0 Å². The van der Waals surface area contributed by atoms with E-state index in [1.165, 1.54) is 11.1 Å². The van der Waals surface area contributed by atoms with Gasteiger partial charge in [-0.25, -0.2) is 0 Å². The fourth-order valence-electron chi connectivity index (χ4n) is 4.60. The van der Waals surface area contributed by atoms with Crippen molar-refractivity contribution in [2.24, 2.45) is 4.99 Å². The molecule has 0 N–H and O–H groups in total. The van der Waals surface area contributed by atoms with Crippen molar-refractivity contribution in [3.63, 3.8) is 0 Å². The van der Waals surface area contributed by atoms with E-state index in [1.807, 2.05) is 60.7 Å². The number of fused-ring (bicyclic) bond motifs is 4. The predicted octanol–water partition coefficient (Wildman–Crippen LogP) is 6.33. The SMILES string of the molecule is [Pt+2].[c-]1c(Oc2[c-]c(-c3nc4ccccc4o3)ccc2)cccc1C1=N[C@H]2c3ccccc3C[C@H]2O1. The van der Waals surface area contributed by atoms with Crippen molar-refractivity contribution in [3.05, 3.63) is 114 Å². The normalized spacial score (nSPS) is 17.8. The maximum atomic E-state index is 6.20. The molecule has 0 bridgehead atoms. The number of ether oxygens (including phenoxy) is 2. The second kappa shape index (κ2) is 8.83. The Balaban J connectivity index is 0.00000229. The molecule has 5 aromatic rings. The Labute approximate surface area is 216 Å². The number of para-hydroxylation sites is 2. The molecule has 2 atom stereocenters. The first-order chi connectivity index (χ1) is 16.8. The standard InChI is InChI=1S/C29H18N2O3.Pt/c1-2-12-23-18(7-1)17-26-27(23)31-29(34-26)20-9-6-11-22(16-20)32-21-10-5-8-19(15-21)28-30-24-13-3-4-14-25(24)33-28;/h1-14,26-27H,17H2;/q-2;+2/t26-,27+;/m1./s1. The molecule has 0 unspecified atom stereocenters. The van der Waals surface area contributed by atoms with Gasteiger partial charge in [-0.1, -0.05) is 59.7 Å². The monoisotopic (exact) mass is 637 g/mol. The summed E-state index contributed by atoms with van der Waals surface area (Å²) in [6, 6.07) is 34.0. The summed E-state index contributed by atoms with van der Waals surface area (Å²) in [6.45, 7) is 0. The number of aromatic nitrogens is 1. The largest absolute Gasteiger partial charge is 2.00 e.